The molecule has 9 nitrogen and oxygen atoms in total. The molecular weight excluding hydrogens is 537 g/mol. The highest BCUT2D eigenvalue weighted by Crippen LogP contribution is 2.36. The molecule has 2 heterocycles. The smallest absolute Gasteiger partial charge is 0.283 e. The number of benzene rings is 2. The molecule has 180 valence electrons. The minimum Gasteiger partial charge on any atom is -0.350 e. The second-order valence-electron chi connectivity index (χ2n) is 7.46. The van der Waals surface area contributed by atoms with Crippen LogP contribution in [0.5, 0.6) is 0 Å². The molecule has 1 aliphatic rings. The quantitative estimate of drug-likeness (QED) is 0.427. The van der Waals surface area contributed by atoms with Gasteiger partial charge >= 0.3 is 0 Å². The van der Waals surface area contributed by atoms with Crippen LogP contribution in [0.25, 0.3) is 0 Å². The van der Waals surface area contributed by atoms with Crippen LogP contribution in [0.3, 0.4) is 0 Å². The van der Waals surface area contributed by atoms with Gasteiger partial charge in [-0.25, -0.2) is 28.0 Å². The molecule has 0 bridgehead atoms. The molecule has 35 heavy (non-hydrogen) atoms. The number of anilines is 3. The fourth-order valence-electron chi connectivity index (χ4n) is 3.30. The Balaban J connectivity index is 1.55. The normalized spacial score (nSPS) is 14.0. The molecule has 2 N–H and O–H groups in total. The molecule has 0 spiro atoms. The summed E-state index contributed by atoms with van der Waals surface area (Å²) in [6.45, 7) is 3.45. The van der Waals surface area contributed by atoms with Crippen molar-refractivity contribution in [2.75, 3.05) is 14.9 Å². The fraction of sp³-hybridized carbons (Fsp3) is 0.0909. The van der Waals surface area contributed by atoms with Gasteiger partial charge in [0.15, 0.2) is 0 Å². The van der Waals surface area contributed by atoms with Gasteiger partial charge in [-0.2, -0.15) is 0 Å². The molecule has 0 atom stereocenters. The number of hydrogen-bond acceptors (Lipinski definition) is 7. The third kappa shape index (κ3) is 5.10. The predicted molar refractivity (Wildman–Crippen MR) is 134 cm³/mol. The van der Waals surface area contributed by atoms with Gasteiger partial charge in [0.1, 0.15) is 10.7 Å². The maximum absolute atomic E-state index is 13.0. The van der Waals surface area contributed by atoms with Gasteiger partial charge in [0.25, 0.3) is 21.8 Å². The average Bonchev–Trinajstić information content (AvgIpc) is 2.98. The summed E-state index contributed by atoms with van der Waals surface area (Å²) in [5, 5.41) is 2.83. The lowest BCUT2D eigenvalue weighted by Gasteiger charge is -2.17. The molecule has 0 aliphatic carbocycles. The molecule has 3 aromatic rings. The highest BCUT2D eigenvalue weighted by atomic mass is 35.5. The SMILES string of the molecule is Cc1cc(C)nc(NS(=O)(=O)c2ccc(NC3=C(Cl)C(=O)N(c4cc(Cl)ccc4Cl)C3=O)cc2)n1. The molecule has 2 amide bonds. The van der Waals surface area contributed by atoms with Crippen LogP contribution in [0.15, 0.2) is 64.2 Å². The van der Waals surface area contributed by atoms with Crippen molar-refractivity contribution in [1.29, 1.82) is 0 Å². The number of carbonyl (C=O) groups excluding carboxylic acids is 2. The lowest BCUT2D eigenvalue weighted by molar-refractivity contribution is -0.120. The molecule has 0 fully saturated rings. The van der Waals surface area contributed by atoms with Gasteiger partial charge in [0.05, 0.1) is 15.6 Å². The highest BCUT2D eigenvalue weighted by molar-refractivity contribution is 7.92. The van der Waals surface area contributed by atoms with E-state index in [0.717, 1.165) is 4.90 Å². The van der Waals surface area contributed by atoms with E-state index in [-0.39, 0.29) is 37.3 Å². The third-order valence-corrected chi connectivity index (χ3v) is 7.07. The van der Waals surface area contributed by atoms with Crippen LogP contribution in [-0.4, -0.2) is 30.2 Å². The van der Waals surface area contributed by atoms with Crippen molar-refractivity contribution in [3.8, 4) is 0 Å². The van der Waals surface area contributed by atoms with E-state index in [9.17, 15) is 18.0 Å². The Bertz CT molecular complexity index is 1490. The first-order valence-electron chi connectivity index (χ1n) is 9.92. The number of amides is 2. The molecule has 13 heteroatoms. The Kier molecular flexibility index (Phi) is 6.74. The monoisotopic (exact) mass is 551 g/mol. The number of nitrogens with zero attached hydrogens (tertiary/aromatic N) is 3. The first kappa shape index (κ1) is 24.9. The molecular formula is C22H16Cl3N5O4S. The summed E-state index contributed by atoms with van der Waals surface area (Å²) in [6, 6.07) is 11.5. The Morgan fingerprint density at radius 3 is 2.11 bits per heavy atom. The van der Waals surface area contributed by atoms with Gasteiger partial charge in [-0.15, -0.1) is 0 Å². The zero-order valence-electron chi connectivity index (χ0n) is 18.1. The van der Waals surface area contributed by atoms with Gasteiger partial charge in [-0.05, 0) is 62.4 Å². The lowest BCUT2D eigenvalue weighted by Crippen LogP contribution is -2.32. The van der Waals surface area contributed by atoms with Crippen molar-refractivity contribution in [2.24, 2.45) is 0 Å². The number of imide groups is 1. The zero-order valence-corrected chi connectivity index (χ0v) is 21.2. The minimum absolute atomic E-state index is 0.0449. The standard InChI is InChI=1S/C22H16Cl3N5O4S/c1-11-9-12(2)27-22(26-11)29-35(33,34)15-6-4-14(5-7-15)28-19-18(25)20(31)30(21(19)32)17-10-13(23)3-8-16(17)24/h3-10,28H,1-2H3,(H,26,27,29). The molecule has 0 saturated carbocycles. The number of carbonyl (C=O) groups is 2. The van der Waals surface area contributed by atoms with Crippen molar-refractivity contribution >= 4 is 74.0 Å². The van der Waals surface area contributed by atoms with Crippen LogP contribution in [0, 0.1) is 13.8 Å². The maximum atomic E-state index is 13.0. The van der Waals surface area contributed by atoms with E-state index in [1.807, 2.05) is 0 Å². The van der Waals surface area contributed by atoms with Gasteiger partial charge < -0.3 is 5.32 Å². The van der Waals surface area contributed by atoms with Crippen molar-refractivity contribution in [1.82, 2.24) is 9.97 Å². The number of aromatic nitrogens is 2. The first-order chi connectivity index (χ1) is 16.5. The summed E-state index contributed by atoms with van der Waals surface area (Å²) in [6.07, 6.45) is 0. The highest BCUT2D eigenvalue weighted by Gasteiger charge is 2.40. The van der Waals surface area contributed by atoms with E-state index < -0.39 is 21.8 Å². The van der Waals surface area contributed by atoms with Crippen molar-refractivity contribution in [3.63, 3.8) is 0 Å². The predicted octanol–water partition coefficient (Wildman–Crippen LogP) is 4.64. The van der Waals surface area contributed by atoms with Crippen LogP contribution >= 0.6 is 34.8 Å². The van der Waals surface area contributed by atoms with Crippen molar-refractivity contribution in [3.05, 3.63) is 80.7 Å². The second-order valence-corrected chi connectivity index (χ2v) is 10.4. The number of hydrogen-bond donors (Lipinski definition) is 2. The Morgan fingerprint density at radius 2 is 1.49 bits per heavy atom. The summed E-state index contributed by atoms with van der Waals surface area (Å²) in [5.74, 6) is -1.56. The molecule has 2 aromatic carbocycles. The van der Waals surface area contributed by atoms with E-state index in [0.29, 0.717) is 17.1 Å². The maximum Gasteiger partial charge on any atom is 0.283 e. The van der Waals surface area contributed by atoms with E-state index in [1.165, 1.54) is 42.5 Å². The van der Waals surface area contributed by atoms with Crippen LogP contribution in [0.1, 0.15) is 11.4 Å². The molecule has 1 aromatic heterocycles. The van der Waals surface area contributed by atoms with Gasteiger partial charge in [-0.3, -0.25) is 9.59 Å². The third-order valence-electron chi connectivity index (χ3n) is 4.82. The summed E-state index contributed by atoms with van der Waals surface area (Å²) in [5.41, 5.74) is 1.45. The summed E-state index contributed by atoms with van der Waals surface area (Å²) < 4.78 is 27.8. The topological polar surface area (TPSA) is 121 Å². The molecule has 4 rings (SSSR count). The van der Waals surface area contributed by atoms with Crippen LogP contribution in [0.4, 0.5) is 17.3 Å². The Hall–Kier alpha value is -3.18. The van der Waals surface area contributed by atoms with Gasteiger partial charge in [0.2, 0.25) is 5.95 Å². The summed E-state index contributed by atoms with van der Waals surface area (Å²) in [4.78, 5) is 34.5. The second kappa shape index (κ2) is 9.46. The Labute approximate surface area is 215 Å². The van der Waals surface area contributed by atoms with Crippen LogP contribution in [0.2, 0.25) is 10.0 Å². The first-order valence-corrected chi connectivity index (χ1v) is 12.5. The fourth-order valence-corrected chi connectivity index (χ4v) is 4.82. The van der Waals surface area contributed by atoms with Gasteiger partial charge in [0, 0.05) is 22.1 Å². The molecule has 0 radical (unpaired) electrons. The number of sulfonamides is 1. The average molecular weight is 553 g/mol. The van der Waals surface area contributed by atoms with Crippen LogP contribution < -0.4 is 14.9 Å². The minimum atomic E-state index is -3.97. The molecule has 0 unspecified atom stereocenters. The van der Waals surface area contributed by atoms with E-state index in [1.54, 1.807) is 19.9 Å². The molecule has 0 saturated heterocycles. The van der Waals surface area contributed by atoms with Crippen LogP contribution in [-0.2, 0) is 19.6 Å². The number of halogens is 3. The van der Waals surface area contributed by atoms with E-state index in [4.69, 9.17) is 34.8 Å². The van der Waals surface area contributed by atoms with Gasteiger partial charge in [-0.1, -0.05) is 34.8 Å². The largest absolute Gasteiger partial charge is 0.350 e. The molecule has 1 aliphatic heterocycles. The Morgan fingerprint density at radius 1 is 0.857 bits per heavy atom. The van der Waals surface area contributed by atoms with E-state index >= 15 is 0 Å². The number of nitrogens with one attached hydrogen (secondary N) is 2. The van der Waals surface area contributed by atoms with E-state index in [2.05, 4.69) is 20.0 Å². The van der Waals surface area contributed by atoms with Crippen molar-refractivity contribution < 1.29 is 18.0 Å². The number of rotatable bonds is 6. The summed E-state index contributed by atoms with van der Waals surface area (Å²) in [7, 11) is -3.97. The number of aryl methyl sites for hydroxylation is 2. The van der Waals surface area contributed by atoms with Crippen molar-refractivity contribution in [2.45, 2.75) is 18.7 Å². The lowest BCUT2D eigenvalue weighted by atomic mass is 10.3. The zero-order chi connectivity index (χ0) is 25.5. The summed E-state index contributed by atoms with van der Waals surface area (Å²) >= 11 is 18.3.